The monoisotopic (exact) mass is 148 g/mol. The maximum atomic E-state index is 10.5. The number of hydrogen-bond acceptors (Lipinski definition) is 3. The Kier molecular flexibility index (Phi) is 2.51. The zero-order valence-corrected chi connectivity index (χ0v) is 6.14. The quantitative estimate of drug-likeness (QED) is 0.350. The highest BCUT2D eigenvalue weighted by Gasteiger charge is 2.07. The number of rotatable bonds is 0. The molecule has 0 aromatic rings. The smallest absolute Gasteiger partial charge is 0.241 e. The van der Waals surface area contributed by atoms with Gasteiger partial charge in [0.05, 0.1) is 0 Å². The first-order chi connectivity index (χ1) is 4.02. The Morgan fingerprint density at radius 1 is 1.56 bits per heavy atom. The molecule has 52 valence electrons. The summed E-state index contributed by atoms with van der Waals surface area (Å²) >= 11 is 0. The van der Waals surface area contributed by atoms with E-state index < -0.39 is 9.84 Å². The largest absolute Gasteiger partial charge is 0.260 e. The molecule has 0 bridgehead atoms. The number of amidine groups is 1. The first-order valence-electron chi connectivity index (χ1n) is 2.16. The van der Waals surface area contributed by atoms with Crippen LogP contribution in [0.4, 0.5) is 0 Å². The van der Waals surface area contributed by atoms with Crippen LogP contribution in [0, 0.1) is 0 Å². The Bertz CT molecular complexity index is 227. The van der Waals surface area contributed by atoms with Crippen molar-refractivity contribution in [1.29, 1.82) is 0 Å². The van der Waals surface area contributed by atoms with Gasteiger partial charge in [0.15, 0.2) is 0 Å². The molecule has 0 aromatic heterocycles. The van der Waals surface area contributed by atoms with Crippen molar-refractivity contribution in [3.05, 3.63) is 0 Å². The third-order valence-electron chi connectivity index (χ3n) is 0.658. The van der Waals surface area contributed by atoms with Crippen molar-refractivity contribution >= 4 is 21.7 Å². The molecule has 0 heterocycles. The van der Waals surface area contributed by atoms with Crippen LogP contribution in [0.3, 0.4) is 0 Å². The zero-order valence-electron chi connectivity index (χ0n) is 5.33. The molecule has 9 heavy (non-hydrogen) atoms. The van der Waals surface area contributed by atoms with Gasteiger partial charge in [0.2, 0.25) is 15.0 Å². The van der Waals surface area contributed by atoms with Gasteiger partial charge in [-0.15, -0.1) is 0 Å². The average Bonchev–Trinajstić information content (AvgIpc) is 1.65. The Hall–Kier alpha value is -0.710. The number of aliphatic imine (C=N–C) groups is 2. The predicted octanol–water partition coefficient (Wildman–Crippen LogP) is -0.283. The van der Waals surface area contributed by atoms with Gasteiger partial charge >= 0.3 is 0 Å². The molecular formula is C4H8N2O2S. The van der Waals surface area contributed by atoms with Crippen LogP contribution in [0.1, 0.15) is 0 Å². The summed E-state index contributed by atoms with van der Waals surface area (Å²) in [6.07, 6.45) is 1.03. The van der Waals surface area contributed by atoms with Crippen molar-refractivity contribution in [3.8, 4) is 0 Å². The summed E-state index contributed by atoms with van der Waals surface area (Å²) in [7, 11) is -1.89. The molecule has 0 aliphatic carbocycles. The van der Waals surface area contributed by atoms with Crippen LogP contribution in [0.5, 0.6) is 0 Å². The maximum absolute atomic E-state index is 10.5. The van der Waals surface area contributed by atoms with E-state index in [-0.39, 0.29) is 5.17 Å². The maximum Gasteiger partial charge on any atom is 0.241 e. The van der Waals surface area contributed by atoms with Crippen molar-refractivity contribution < 1.29 is 8.42 Å². The summed E-state index contributed by atoms with van der Waals surface area (Å²) in [4.78, 5) is 6.57. The topological polar surface area (TPSA) is 58.9 Å². The molecule has 5 heteroatoms. The van der Waals surface area contributed by atoms with Crippen LogP contribution >= 0.6 is 0 Å². The van der Waals surface area contributed by atoms with E-state index in [1.165, 1.54) is 7.05 Å². The van der Waals surface area contributed by atoms with E-state index in [4.69, 9.17) is 0 Å². The molecule has 0 saturated heterocycles. The highest BCUT2D eigenvalue weighted by Crippen LogP contribution is 1.88. The standard InChI is InChI=1S/C4H8N2O2S/c1-5-4(6-2)9(3,7)8/h1H2,2-3H3. The van der Waals surface area contributed by atoms with Gasteiger partial charge in [0.25, 0.3) is 0 Å². The first-order valence-corrected chi connectivity index (χ1v) is 4.05. The van der Waals surface area contributed by atoms with E-state index in [9.17, 15) is 8.42 Å². The molecular weight excluding hydrogens is 140 g/mol. The Labute approximate surface area is 54.3 Å². The van der Waals surface area contributed by atoms with E-state index >= 15 is 0 Å². The van der Waals surface area contributed by atoms with E-state index in [2.05, 4.69) is 16.7 Å². The lowest BCUT2D eigenvalue weighted by Gasteiger charge is -1.90. The molecule has 0 aliphatic rings. The third-order valence-corrected chi connectivity index (χ3v) is 1.63. The minimum atomic E-state index is -3.24. The van der Waals surface area contributed by atoms with Crippen LogP contribution in [0.2, 0.25) is 0 Å². The van der Waals surface area contributed by atoms with Gasteiger partial charge in [-0.05, 0) is 6.72 Å². The van der Waals surface area contributed by atoms with Crippen molar-refractivity contribution in [1.82, 2.24) is 0 Å². The highest BCUT2D eigenvalue weighted by molar-refractivity contribution is 8.05. The Morgan fingerprint density at radius 2 is 2.00 bits per heavy atom. The molecule has 0 spiro atoms. The van der Waals surface area contributed by atoms with Crippen LogP contribution < -0.4 is 0 Å². The molecule has 4 nitrogen and oxygen atoms in total. The van der Waals surface area contributed by atoms with Crippen LogP contribution in [0.15, 0.2) is 9.98 Å². The summed E-state index contributed by atoms with van der Waals surface area (Å²) in [6, 6.07) is 0. The minimum absolute atomic E-state index is 0.220. The van der Waals surface area contributed by atoms with Gasteiger partial charge < -0.3 is 0 Å². The summed E-state index contributed by atoms with van der Waals surface area (Å²) < 4.78 is 21.1. The summed E-state index contributed by atoms with van der Waals surface area (Å²) in [5.41, 5.74) is 0. The molecule has 0 N–H and O–H groups in total. The molecule has 0 aromatic carbocycles. The summed E-state index contributed by atoms with van der Waals surface area (Å²) in [5, 5.41) is -0.220. The summed E-state index contributed by atoms with van der Waals surface area (Å²) in [6.45, 7) is 3.04. The van der Waals surface area contributed by atoms with Crippen molar-refractivity contribution in [3.63, 3.8) is 0 Å². The lowest BCUT2D eigenvalue weighted by atomic mass is 11.2. The molecule has 0 atom stereocenters. The van der Waals surface area contributed by atoms with Crippen LogP contribution in [-0.4, -0.2) is 33.6 Å². The fourth-order valence-corrected chi connectivity index (χ4v) is 0.920. The second kappa shape index (κ2) is 2.72. The van der Waals surface area contributed by atoms with Crippen LogP contribution in [0.25, 0.3) is 0 Å². The molecule has 0 amide bonds. The SMILES string of the molecule is C=NC(=NC)S(C)(=O)=O. The van der Waals surface area contributed by atoms with E-state index in [1.54, 1.807) is 0 Å². The first kappa shape index (κ1) is 8.29. The van der Waals surface area contributed by atoms with E-state index in [1.807, 2.05) is 0 Å². The minimum Gasteiger partial charge on any atom is -0.260 e. The van der Waals surface area contributed by atoms with Gasteiger partial charge in [0, 0.05) is 13.3 Å². The number of nitrogens with zero attached hydrogens (tertiary/aromatic N) is 2. The molecule has 0 aliphatic heterocycles. The normalized spacial score (nSPS) is 13.3. The van der Waals surface area contributed by atoms with Crippen LogP contribution in [-0.2, 0) is 9.84 Å². The van der Waals surface area contributed by atoms with Gasteiger partial charge in [-0.3, -0.25) is 4.99 Å². The van der Waals surface area contributed by atoms with Gasteiger partial charge in [-0.2, -0.15) is 0 Å². The second-order valence-electron chi connectivity index (χ2n) is 1.44. The fraction of sp³-hybridized carbons (Fsp3) is 0.500. The average molecular weight is 148 g/mol. The lowest BCUT2D eigenvalue weighted by molar-refractivity contribution is 0.612. The molecule has 0 unspecified atom stereocenters. The van der Waals surface area contributed by atoms with E-state index in [0.717, 1.165) is 6.26 Å². The van der Waals surface area contributed by atoms with Gasteiger partial charge in [0.1, 0.15) is 0 Å². The van der Waals surface area contributed by atoms with Gasteiger partial charge in [-0.1, -0.05) is 0 Å². The molecule has 0 saturated carbocycles. The van der Waals surface area contributed by atoms with Crippen molar-refractivity contribution in [2.75, 3.05) is 13.3 Å². The fourth-order valence-electron chi connectivity index (χ4n) is 0.354. The third kappa shape index (κ3) is 2.36. The van der Waals surface area contributed by atoms with Gasteiger partial charge in [-0.25, -0.2) is 13.4 Å². The number of sulfone groups is 1. The second-order valence-corrected chi connectivity index (χ2v) is 3.35. The zero-order chi connectivity index (χ0) is 7.49. The predicted molar refractivity (Wildman–Crippen MR) is 37.8 cm³/mol. The Balaban J connectivity index is 4.77. The molecule has 0 radical (unpaired) electrons. The van der Waals surface area contributed by atoms with E-state index in [0.29, 0.717) is 0 Å². The lowest BCUT2D eigenvalue weighted by Crippen LogP contribution is -2.08. The molecule has 0 fully saturated rings. The molecule has 0 rings (SSSR count). The summed E-state index contributed by atoms with van der Waals surface area (Å²) in [5.74, 6) is 0. The van der Waals surface area contributed by atoms with Crippen molar-refractivity contribution in [2.45, 2.75) is 0 Å². The Morgan fingerprint density at radius 3 is 2.00 bits per heavy atom. The number of hydrogen-bond donors (Lipinski definition) is 0. The van der Waals surface area contributed by atoms with Crippen molar-refractivity contribution in [2.24, 2.45) is 9.98 Å². The highest BCUT2D eigenvalue weighted by atomic mass is 32.2.